The molecular formula is C22H16ClN5O. The average Bonchev–Trinajstić information content (AvgIpc) is 2.76. The highest BCUT2D eigenvalue weighted by atomic mass is 35.5. The lowest BCUT2D eigenvalue weighted by atomic mass is 10.0. The van der Waals surface area contributed by atoms with Crippen LogP contribution in [-0.4, -0.2) is 21.4 Å². The van der Waals surface area contributed by atoms with Crippen molar-refractivity contribution in [2.45, 2.75) is 0 Å². The third-order valence-corrected chi connectivity index (χ3v) is 4.48. The second-order valence-electron chi connectivity index (χ2n) is 6.19. The van der Waals surface area contributed by atoms with Crippen molar-refractivity contribution in [3.8, 4) is 22.4 Å². The van der Waals surface area contributed by atoms with Crippen molar-refractivity contribution < 1.29 is 4.79 Å². The minimum absolute atomic E-state index is 0.375. The van der Waals surface area contributed by atoms with Crippen LogP contribution < -0.4 is 10.6 Å². The molecule has 2 heterocycles. The fourth-order valence-corrected chi connectivity index (χ4v) is 3.09. The Kier molecular flexibility index (Phi) is 5.45. The summed E-state index contributed by atoms with van der Waals surface area (Å²) < 4.78 is 0. The molecule has 6 nitrogen and oxygen atoms in total. The van der Waals surface area contributed by atoms with Crippen molar-refractivity contribution in [3.05, 3.63) is 84.3 Å². The second-order valence-corrected chi connectivity index (χ2v) is 6.59. The number of pyridine rings is 1. The summed E-state index contributed by atoms with van der Waals surface area (Å²) in [6, 6.07) is 19.9. The summed E-state index contributed by atoms with van der Waals surface area (Å²) in [6.07, 6.45) is 5.31. The number of aromatic nitrogens is 3. The van der Waals surface area contributed by atoms with Gasteiger partial charge < -0.3 is 10.6 Å². The SMILES string of the molecule is O=CNc1cncc(Nc2ncc(Cl)c(-c3cccc(-c4ccccc4)c3)n2)c1. The zero-order chi connectivity index (χ0) is 20.1. The average molecular weight is 402 g/mol. The molecule has 0 spiro atoms. The maximum absolute atomic E-state index is 10.6. The van der Waals surface area contributed by atoms with Crippen LogP contribution in [0.5, 0.6) is 0 Å². The van der Waals surface area contributed by atoms with Gasteiger partial charge in [0, 0.05) is 5.56 Å². The maximum Gasteiger partial charge on any atom is 0.227 e. The molecule has 0 aliphatic carbocycles. The number of carbonyl (C=O) groups excluding carboxylic acids is 1. The van der Waals surface area contributed by atoms with Crippen molar-refractivity contribution >= 4 is 35.3 Å². The number of hydrogen-bond acceptors (Lipinski definition) is 5. The van der Waals surface area contributed by atoms with Crippen LogP contribution in [0, 0.1) is 0 Å². The van der Waals surface area contributed by atoms with E-state index in [4.69, 9.17) is 11.6 Å². The van der Waals surface area contributed by atoms with Gasteiger partial charge in [0.05, 0.1) is 40.7 Å². The molecule has 0 saturated carbocycles. The number of hydrogen-bond donors (Lipinski definition) is 2. The molecule has 142 valence electrons. The predicted octanol–water partition coefficient (Wildman–Crippen LogP) is 5.17. The quantitative estimate of drug-likeness (QED) is 0.435. The Labute approximate surface area is 172 Å². The van der Waals surface area contributed by atoms with E-state index >= 15 is 0 Å². The first-order valence-corrected chi connectivity index (χ1v) is 9.21. The van der Waals surface area contributed by atoms with Crippen LogP contribution in [0.3, 0.4) is 0 Å². The van der Waals surface area contributed by atoms with Crippen LogP contribution in [0.25, 0.3) is 22.4 Å². The molecular weight excluding hydrogens is 386 g/mol. The monoisotopic (exact) mass is 401 g/mol. The van der Waals surface area contributed by atoms with Gasteiger partial charge >= 0.3 is 0 Å². The molecule has 0 atom stereocenters. The van der Waals surface area contributed by atoms with Gasteiger partial charge in [0.1, 0.15) is 0 Å². The number of carbonyl (C=O) groups is 1. The minimum atomic E-state index is 0.375. The molecule has 2 aromatic heterocycles. The number of halogens is 1. The van der Waals surface area contributed by atoms with Crippen molar-refractivity contribution in [2.75, 3.05) is 10.6 Å². The Morgan fingerprint density at radius 2 is 1.59 bits per heavy atom. The molecule has 0 fully saturated rings. The van der Waals surface area contributed by atoms with Gasteiger partial charge in [-0.1, -0.05) is 60.1 Å². The van der Waals surface area contributed by atoms with Gasteiger partial charge in [0.25, 0.3) is 0 Å². The van der Waals surface area contributed by atoms with Crippen molar-refractivity contribution in [3.63, 3.8) is 0 Å². The Morgan fingerprint density at radius 3 is 2.41 bits per heavy atom. The molecule has 1 amide bonds. The van der Waals surface area contributed by atoms with Gasteiger partial charge in [-0.2, -0.15) is 0 Å². The number of benzene rings is 2. The normalized spacial score (nSPS) is 10.4. The summed E-state index contributed by atoms with van der Waals surface area (Å²) in [5.41, 5.74) is 4.90. The molecule has 0 aliphatic rings. The van der Waals surface area contributed by atoms with E-state index in [-0.39, 0.29) is 0 Å². The zero-order valence-corrected chi connectivity index (χ0v) is 16.0. The summed E-state index contributed by atoms with van der Waals surface area (Å²) >= 11 is 6.38. The van der Waals surface area contributed by atoms with Crippen LogP contribution in [0.15, 0.2) is 79.3 Å². The van der Waals surface area contributed by atoms with E-state index in [0.29, 0.717) is 34.4 Å². The van der Waals surface area contributed by atoms with Crippen LogP contribution >= 0.6 is 11.6 Å². The summed E-state index contributed by atoms with van der Waals surface area (Å²) in [5, 5.41) is 6.10. The highest BCUT2D eigenvalue weighted by Crippen LogP contribution is 2.30. The van der Waals surface area contributed by atoms with Gasteiger partial charge in [-0.05, 0) is 23.3 Å². The number of nitrogens with zero attached hydrogens (tertiary/aromatic N) is 3. The Bertz CT molecular complexity index is 1150. The zero-order valence-electron chi connectivity index (χ0n) is 15.2. The lowest BCUT2D eigenvalue weighted by Gasteiger charge is -2.10. The van der Waals surface area contributed by atoms with Gasteiger partial charge in [-0.3, -0.25) is 9.78 Å². The van der Waals surface area contributed by atoms with Crippen molar-refractivity contribution in [1.82, 2.24) is 15.0 Å². The first-order chi connectivity index (χ1) is 14.2. The first-order valence-electron chi connectivity index (χ1n) is 8.83. The summed E-state index contributed by atoms with van der Waals surface area (Å²) in [5.74, 6) is 0.375. The van der Waals surface area contributed by atoms with E-state index in [0.717, 1.165) is 16.7 Å². The summed E-state index contributed by atoms with van der Waals surface area (Å²) in [4.78, 5) is 23.5. The van der Waals surface area contributed by atoms with E-state index in [1.807, 2.05) is 42.5 Å². The smallest absolute Gasteiger partial charge is 0.227 e. The second kappa shape index (κ2) is 8.50. The van der Waals surface area contributed by atoms with Crippen LogP contribution in [-0.2, 0) is 4.79 Å². The fraction of sp³-hybridized carbons (Fsp3) is 0. The van der Waals surface area contributed by atoms with Gasteiger partial charge in [0.2, 0.25) is 12.4 Å². The van der Waals surface area contributed by atoms with Gasteiger partial charge in [0.15, 0.2) is 0 Å². The molecule has 7 heteroatoms. The summed E-state index contributed by atoms with van der Waals surface area (Å²) in [7, 11) is 0. The first kappa shape index (κ1) is 18.6. The molecule has 0 saturated heterocycles. The lowest BCUT2D eigenvalue weighted by Crippen LogP contribution is -2.01. The molecule has 2 aromatic carbocycles. The predicted molar refractivity (Wildman–Crippen MR) is 115 cm³/mol. The Morgan fingerprint density at radius 1 is 0.828 bits per heavy atom. The topological polar surface area (TPSA) is 79.8 Å². The summed E-state index contributed by atoms with van der Waals surface area (Å²) in [6.45, 7) is 0. The highest BCUT2D eigenvalue weighted by Gasteiger charge is 2.10. The van der Waals surface area contributed by atoms with Crippen LogP contribution in [0.4, 0.5) is 17.3 Å². The maximum atomic E-state index is 10.6. The third kappa shape index (κ3) is 4.39. The Balaban J connectivity index is 1.66. The molecule has 0 radical (unpaired) electrons. The van der Waals surface area contributed by atoms with Crippen molar-refractivity contribution in [1.29, 1.82) is 0 Å². The van der Waals surface area contributed by atoms with E-state index < -0.39 is 0 Å². The van der Waals surface area contributed by atoms with E-state index in [1.165, 1.54) is 0 Å². The molecule has 4 aromatic rings. The molecule has 0 unspecified atom stereocenters. The highest BCUT2D eigenvalue weighted by molar-refractivity contribution is 6.32. The van der Waals surface area contributed by atoms with Crippen LogP contribution in [0.2, 0.25) is 5.02 Å². The molecule has 29 heavy (non-hydrogen) atoms. The lowest BCUT2D eigenvalue weighted by molar-refractivity contribution is -0.105. The van der Waals surface area contributed by atoms with E-state index in [2.05, 4.69) is 37.7 Å². The van der Waals surface area contributed by atoms with Gasteiger partial charge in [-0.25, -0.2) is 9.97 Å². The van der Waals surface area contributed by atoms with Crippen LogP contribution in [0.1, 0.15) is 0 Å². The van der Waals surface area contributed by atoms with Crippen molar-refractivity contribution in [2.24, 2.45) is 0 Å². The van der Waals surface area contributed by atoms with E-state index in [1.54, 1.807) is 24.7 Å². The molecule has 0 aliphatic heterocycles. The molecule has 4 rings (SSSR count). The minimum Gasteiger partial charge on any atom is -0.327 e. The molecule has 0 bridgehead atoms. The number of nitrogens with one attached hydrogen (secondary N) is 2. The Hall–Kier alpha value is -3.77. The molecule has 2 N–H and O–H groups in total. The largest absolute Gasteiger partial charge is 0.327 e. The number of rotatable bonds is 6. The third-order valence-electron chi connectivity index (χ3n) is 4.21. The number of amides is 1. The van der Waals surface area contributed by atoms with E-state index in [9.17, 15) is 4.79 Å². The van der Waals surface area contributed by atoms with Gasteiger partial charge in [-0.15, -0.1) is 0 Å². The standard InChI is InChI=1S/C22H16ClN5O/c23-20-13-25-22(27-19-10-18(26-14-29)11-24-12-19)28-21(20)17-8-4-7-16(9-17)15-5-2-1-3-6-15/h1-14H,(H,26,29)(H,25,27,28). The fourth-order valence-electron chi connectivity index (χ4n) is 2.89. The number of anilines is 3.